The highest BCUT2D eigenvalue weighted by Gasteiger charge is 2.20. The normalized spacial score (nSPS) is 20.9. The summed E-state index contributed by atoms with van der Waals surface area (Å²) in [6.07, 6.45) is 14.2. The van der Waals surface area contributed by atoms with Gasteiger partial charge in [0.2, 0.25) is 0 Å². The van der Waals surface area contributed by atoms with Gasteiger partial charge in [-0.25, -0.2) is 0 Å². The number of terminal acetylenes is 1. The molecule has 13 heavy (non-hydrogen) atoms. The minimum atomic E-state index is -0.0892. The lowest BCUT2D eigenvalue weighted by Gasteiger charge is -2.26. The van der Waals surface area contributed by atoms with Crippen LogP contribution in [0.2, 0.25) is 0 Å². The molecule has 74 valence electrons. The highest BCUT2D eigenvalue weighted by molar-refractivity contribution is 4.84. The summed E-state index contributed by atoms with van der Waals surface area (Å²) < 4.78 is 0. The Morgan fingerprint density at radius 1 is 1.31 bits per heavy atom. The lowest BCUT2D eigenvalue weighted by molar-refractivity contribution is 0.0758. The molecule has 0 aromatic rings. The van der Waals surface area contributed by atoms with Crippen LogP contribution >= 0.6 is 0 Å². The molecule has 1 heteroatoms. The van der Waals surface area contributed by atoms with E-state index in [1.54, 1.807) is 0 Å². The molecule has 1 saturated carbocycles. The van der Waals surface area contributed by atoms with E-state index in [1.165, 1.54) is 32.1 Å². The second-order valence-electron chi connectivity index (χ2n) is 4.06. The van der Waals surface area contributed by atoms with Gasteiger partial charge in [0.15, 0.2) is 0 Å². The van der Waals surface area contributed by atoms with Crippen LogP contribution in [-0.2, 0) is 0 Å². The number of aliphatic hydroxyl groups is 1. The van der Waals surface area contributed by atoms with E-state index in [0.29, 0.717) is 5.92 Å². The average molecular weight is 180 g/mol. The van der Waals surface area contributed by atoms with Gasteiger partial charge in [0.25, 0.3) is 0 Å². The highest BCUT2D eigenvalue weighted by Crippen LogP contribution is 2.28. The van der Waals surface area contributed by atoms with Gasteiger partial charge in [-0.1, -0.05) is 19.3 Å². The Bertz CT molecular complexity index is 162. The van der Waals surface area contributed by atoms with Crippen molar-refractivity contribution in [2.45, 2.75) is 57.5 Å². The van der Waals surface area contributed by atoms with Crippen molar-refractivity contribution in [3.05, 3.63) is 0 Å². The fraction of sp³-hybridized carbons (Fsp3) is 0.833. The molecule has 1 atom stereocenters. The maximum atomic E-state index is 9.83. The van der Waals surface area contributed by atoms with Gasteiger partial charge in [0, 0.05) is 6.42 Å². The number of aliphatic hydroxyl groups excluding tert-OH is 1. The van der Waals surface area contributed by atoms with Gasteiger partial charge in [-0.15, -0.1) is 12.3 Å². The number of unbranched alkanes of at least 4 members (excludes halogenated alkanes) is 1. The number of hydrogen-bond acceptors (Lipinski definition) is 1. The molecule has 0 radical (unpaired) electrons. The molecule has 1 rings (SSSR count). The molecule has 0 aromatic carbocycles. The minimum absolute atomic E-state index is 0.0892. The first-order chi connectivity index (χ1) is 6.34. The molecule has 1 fully saturated rings. The van der Waals surface area contributed by atoms with Crippen LogP contribution in [0.25, 0.3) is 0 Å². The third kappa shape index (κ3) is 3.83. The zero-order chi connectivity index (χ0) is 9.52. The first-order valence-electron chi connectivity index (χ1n) is 5.46. The van der Waals surface area contributed by atoms with Crippen molar-refractivity contribution >= 4 is 0 Å². The average Bonchev–Trinajstić information content (AvgIpc) is 2.19. The predicted octanol–water partition coefficient (Wildman–Crippen LogP) is 2.73. The Hall–Kier alpha value is -0.480. The van der Waals surface area contributed by atoms with Crippen molar-refractivity contribution in [1.29, 1.82) is 0 Å². The molecular formula is C12H20O. The lowest BCUT2D eigenvalue weighted by atomic mass is 9.83. The molecular weight excluding hydrogens is 160 g/mol. The van der Waals surface area contributed by atoms with E-state index in [-0.39, 0.29) is 6.10 Å². The molecule has 1 N–H and O–H groups in total. The van der Waals surface area contributed by atoms with E-state index in [1.807, 2.05) is 0 Å². The van der Waals surface area contributed by atoms with Crippen LogP contribution in [0, 0.1) is 18.3 Å². The summed E-state index contributed by atoms with van der Waals surface area (Å²) in [6.45, 7) is 0. The van der Waals surface area contributed by atoms with Gasteiger partial charge in [0.05, 0.1) is 6.10 Å². The van der Waals surface area contributed by atoms with Crippen LogP contribution in [0.15, 0.2) is 0 Å². The van der Waals surface area contributed by atoms with Crippen LogP contribution in [0.4, 0.5) is 0 Å². The standard InChI is InChI=1S/C12H20O/c1-2-3-5-10-12(13)11-8-6-4-7-9-11/h1,11-13H,3-10H2. The van der Waals surface area contributed by atoms with Crippen molar-refractivity contribution in [2.75, 3.05) is 0 Å². The van der Waals surface area contributed by atoms with Crippen molar-refractivity contribution in [2.24, 2.45) is 5.92 Å². The van der Waals surface area contributed by atoms with E-state index in [9.17, 15) is 5.11 Å². The zero-order valence-electron chi connectivity index (χ0n) is 8.34. The summed E-state index contributed by atoms with van der Waals surface area (Å²) in [5.41, 5.74) is 0. The molecule has 0 heterocycles. The maximum Gasteiger partial charge on any atom is 0.0568 e. The molecule has 0 amide bonds. The second-order valence-corrected chi connectivity index (χ2v) is 4.06. The molecule has 1 aliphatic rings. The van der Waals surface area contributed by atoms with Gasteiger partial charge in [0.1, 0.15) is 0 Å². The van der Waals surface area contributed by atoms with Gasteiger partial charge < -0.3 is 5.11 Å². The van der Waals surface area contributed by atoms with Gasteiger partial charge in [-0.2, -0.15) is 0 Å². The fourth-order valence-electron chi connectivity index (χ4n) is 2.17. The molecule has 0 aromatic heterocycles. The molecule has 0 saturated heterocycles. The number of rotatable bonds is 4. The molecule has 1 unspecified atom stereocenters. The van der Waals surface area contributed by atoms with Crippen molar-refractivity contribution in [1.82, 2.24) is 0 Å². The summed E-state index contributed by atoms with van der Waals surface area (Å²) in [4.78, 5) is 0. The van der Waals surface area contributed by atoms with Crippen molar-refractivity contribution < 1.29 is 5.11 Å². The Morgan fingerprint density at radius 3 is 2.62 bits per heavy atom. The molecule has 0 bridgehead atoms. The summed E-state index contributed by atoms with van der Waals surface area (Å²) in [5.74, 6) is 3.18. The third-order valence-corrected chi connectivity index (χ3v) is 3.01. The van der Waals surface area contributed by atoms with E-state index in [0.717, 1.165) is 19.3 Å². The summed E-state index contributed by atoms with van der Waals surface area (Å²) in [5, 5.41) is 9.83. The fourth-order valence-corrected chi connectivity index (χ4v) is 2.17. The molecule has 1 aliphatic carbocycles. The van der Waals surface area contributed by atoms with E-state index < -0.39 is 0 Å². The Labute approximate surface area is 81.5 Å². The zero-order valence-corrected chi connectivity index (χ0v) is 8.34. The summed E-state index contributed by atoms with van der Waals surface area (Å²) in [7, 11) is 0. The minimum Gasteiger partial charge on any atom is -0.393 e. The first-order valence-corrected chi connectivity index (χ1v) is 5.46. The topological polar surface area (TPSA) is 20.2 Å². The summed E-state index contributed by atoms with van der Waals surface area (Å²) in [6, 6.07) is 0. The molecule has 0 aliphatic heterocycles. The molecule has 1 nitrogen and oxygen atoms in total. The SMILES string of the molecule is C#CCCCC(O)C1CCCCC1. The molecule has 0 spiro atoms. The largest absolute Gasteiger partial charge is 0.393 e. The van der Waals surface area contributed by atoms with Crippen LogP contribution < -0.4 is 0 Å². The van der Waals surface area contributed by atoms with Gasteiger partial charge >= 0.3 is 0 Å². The summed E-state index contributed by atoms with van der Waals surface area (Å²) >= 11 is 0. The van der Waals surface area contributed by atoms with Crippen molar-refractivity contribution in [3.63, 3.8) is 0 Å². The Balaban J connectivity index is 2.14. The van der Waals surface area contributed by atoms with Crippen LogP contribution in [-0.4, -0.2) is 11.2 Å². The number of hydrogen-bond donors (Lipinski definition) is 1. The highest BCUT2D eigenvalue weighted by atomic mass is 16.3. The van der Waals surface area contributed by atoms with E-state index >= 15 is 0 Å². The van der Waals surface area contributed by atoms with Crippen LogP contribution in [0.3, 0.4) is 0 Å². The van der Waals surface area contributed by atoms with Crippen LogP contribution in [0.5, 0.6) is 0 Å². The second kappa shape index (κ2) is 6.05. The maximum absolute atomic E-state index is 9.83. The monoisotopic (exact) mass is 180 g/mol. The van der Waals surface area contributed by atoms with E-state index in [2.05, 4.69) is 5.92 Å². The Morgan fingerprint density at radius 2 is 2.00 bits per heavy atom. The first kappa shape index (κ1) is 10.6. The van der Waals surface area contributed by atoms with Crippen molar-refractivity contribution in [3.8, 4) is 12.3 Å². The smallest absolute Gasteiger partial charge is 0.0568 e. The third-order valence-electron chi connectivity index (χ3n) is 3.01. The van der Waals surface area contributed by atoms with Gasteiger partial charge in [-0.3, -0.25) is 0 Å². The Kier molecular flexibility index (Phi) is 4.93. The van der Waals surface area contributed by atoms with Crippen LogP contribution in [0.1, 0.15) is 51.4 Å². The predicted molar refractivity (Wildman–Crippen MR) is 55.3 cm³/mol. The van der Waals surface area contributed by atoms with Gasteiger partial charge in [-0.05, 0) is 31.6 Å². The van der Waals surface area contributed by atoms with E-state index in [4.69, 9.17) is 6.42 Å². The lowest BCUT2D eigenvalue weighted by Crippen LogP contribution is -2.22. The quantitative estimate of drug-likeness (QED) is 0.521.